The normalized spacial score (nSPS) is 10.5. The molecule has 0 aliphatic carbocycles. The fraction of sp³-hybridized carbons (Fsp3) is 0.500. The summed E-state index contributed by atoms with van der Waals surface area (Å²) in [6, 6.07) is 0. The second-order valence-electron chi connectivity index (χ2n) is 2.23. The molecular weight excluding hydrogens is 192 g/mol. The molecule has 0 amide bonds. The van der Waals surface area contributed by atoms with Crippen molar-refractivity contribution in [1.29, 1.82) is 0 Å². The molecule has 0 N–H and O–H groups in total. The lowest BCUT2D eigenvalue weighted by Gasteiger charge is -2.03. The van der Waals surface area contributed by atoms with Crippen molar-refractivity contribution in [2.75, 3.05) is 24.7 Å². The Bertz CT molecular complexity index is 223. The van der Waals surface area contributed by atoms with E-state index in [0.29, 0.717) is 0 Å². The monoisotopic (exact) mass is 206 g/mol. The summed E-state index contributed by atoms with van der Waals surface area (Å²) in [6.45, 7) is 6.88. The van der Waals surface area contributed by atoms with Gasteiger partial charge in [0.2, 0.25) is 0 Å². The molecule has 13 heavy (non-hydrogen) atoms. The van der Waals surface area contributed by atoms with Crippen molar-refractivity contribution in [2.24, 2.45) is 0 Å². The van der Waals surface area contributed by atoms with E-state index in [0.717, 1.165) is 0 Å². The van der Waals surface area contributed by atoms with Crippen molar-refractivity contribution in [3.05, 3.63) is 25.7 Å². The Labute approximate surface area is 78.8 Å². The molecule has 0 aromatic carbocycles. The molecule has 0 aromatic rings. The van der Waals surface area contributed by atoms with Gasteiger partial charge < -0.3 is 9.47 Å². The predicted octanol–water partition coefficient (Wildman–Crippen LogP) is 0.721. The van der Waals surface area contributed by atoms with Gasteiger partial charge in [-0.1, -0.05) is 13.2 Å². The molecule has 0 bridgehead atoms. The quantitative estimate of drug-likeness (QED) is 0.434. The Hall–Kier alpha value is -0.970. The van der Waals surface area contributed by atoms with Crippen LogP contribution in [-0.2, 0) is 19.3 Å². The molecule has 0 heterocycles. The third kappa shape index (κ3) is 7.39. The van der Waals surface area contributed by atoms with Gasteiger partial charge in [-0.25, -0.2) is 8.42 Å². The smallest absolute Gasteiger partial charge is 0.156 e. The van der Waals surface area contributed by atoms with Gasteiger partial charge in [-0.05, 0) is 0 Å². The summed E-state index contributed by atoms with van der Waals surface area (Å²) in [7, 11) is -3.07. The second-order valence-corrected chi connectivity index (χ2v) is 4.53. The molecule has 0 radical (unpaired) electrons. The number of hydrogen-bond donors (Lipinski definition) is 0. The van der Waals surface area contributed by atoms with Crippen LogP contribution in [0.2, 0.25) is 0 Å². The van der Waals surface area contributed by atoms with E-state index in [4.69, 9.17) is 9.47 Å². The molecule has 5 heteroatoms. The molecule has 0 aliphatic heterocycles. The third-order valence-electron chi connectivity index (χ3n) is 1.26. The molecule has 0 aromatic heterocycles. The van der Waals surface area contributed by atoms with Crippen LogP contribution < -0.4 is 0 Å². The molecule has 0 spiro atoms. The molecule has 0 unspecified atom stereocenters. The minimum Gasteiger partial charge on any atom is -0.501 e. The van der Waals surface area contributed by atoms with Crippen LogP contribution in [0.15, 0.2) is 25.7 Å². The van der Waals surface area contributed by atoms with Gasteiger partial charge in [-0.15, -0.1) is 0 Å². The second kappa shape index (κ2) is 6.54. The Morgan fingerprint density at radius 1 is 1.00 bits per heavy atom. The molecule has 0 rings (SSSR count). The van der Waals surface area contributed by atoms with Crippen molar-refractivity contribution < 1.29 is 17.9 Å². The van der Waals surface area contributed by atoms with Crippen molar-refractivity contribution in [1.82, 2.24) is 0 Å². The van der Waals surface area contributed by atoms with E-state index in [1.807, 2.05) is 0 Å². The van der Waals surface area contributed by atoms with Crippen LogP contribution in [0.1, 0.15) is 0 Å². The molecule has 0 saturated carbocycles. The van der Waals surface area contributed by atoms with Gasteiger partial charge in [0.15, 0.2) is 9.84 Å². The third-order valence-corrected chi connectivity index (χ3v) is 2.84. The average molecular weight is 206 g/mol. The van der Waals surface area contributed by atoms with Crippen molar-refractivity contribution in [3.8, 4) is 0 Å². The SMILES string of the molecule is C=COCCS(=O)(=O)CCOC=C. The minimum absolute atomic E-state index is 0.0144. The fourth-order valence-electron chi connectivity index (χ4n) is 0.619. The van der Waals surface area contributed by atoms with E-state index in [-0.39, 0.29) is 24.7 Å². The predicted molar refractivity (Wildman–Crippen MR) is 51.0 cm³/mol. The molecule has 0 saturated heterocycles. The number of rotatable bonds is 8. The van der Waals surface area contributed by atoms with Crippen LogP contribution in [0.25, 0.3) is 0 Å². The average Bonchev–Trinajstić information content (AvgIpc) is 2.05. The largest absolute Gasteiger partial charge is 0.501 e. The molecule has 0 aliphatic rings. The first-order valence-corrected chi connectivity index (χ1v) is 5.60. The summed E-state index contributed by atoms with van der Waals surface area (Å²) in [5.41, 5.74) is 0. The highest BCUT2D eigenvalue weighted by molar-refractivity contribution is 7.91. The zero-order chi connectivity index (χ0) is 10.2. The van der Waals surface area contributed by atoms with E-state index in [2.05, 4.69) is 13.2 Å². The van der Waals surface area contributed by atoms with Gasteiger partial charge in [-0.3, -0.25) is 0 Å². The standard InChI is InChI=1S/C8H14O4S/c1-3-11-5-7-13(9,10)8-6-12-4-2/h3-4H,1-2,5-8H2. The van der Waals surface area contributed by atoms with Gasteiger partial charge in [0, 0.05) is 0 Å². The topological polar surface area (TPSA) is 52.6 Å². The van der Waals surface area contributed by atoms with Gasteiger partial charge in [0.1, 0.15) is 13.2 Å². The Kier molecular flexibility index (Phi) is 6.05. The Morgan fingerprint density at radius 3 is 1.69 bits per heavy atom. The van der Waals surface area contributed by atoms with Gasteiger partial charge in [-0.2, -0.15) is 0 Å². The van der Waals surface area contributed by atoms with Gasteiger partial charge in [0.25, 0.3) is 0 Å². The van der Waals surface area contributed by atoms with Gasteiger partial charge >= 0.3 is 0 Å². The van der Waals surface area contributed by atoms with Crippen LogP contribution >= 0.6 is 0 Å². The van der Waals surface area contributed by atoms with Crippen LogP contribution in [0.3, 0.4) is 0 Å². The first-order valence-electron chi connectivity index (χ1n) is 3.78. The highest BCUT2D eigenvalue weighted by atomic mass is 32.2. The van der Waals surface area contributed by atoms with E-state index in [1.54, 1.807) is 0 Å². The summed E-state index contributed by atoms with van der Waals surface area (Å²) < 4.78 is 31.7. The lowest BCUT2D eigenvalue weighted by molar-refractivity contribution is 0.266. The highest BCUT2D eigenvalue weighted by Crippen LogP contribution is 1.92. The van der Waals surface area contributed by atoms with Crippen molar-refractivity contribution in [3.63, 3.8) is 0 Å². The zero-order valence-corrected chi connectivity index (χ0v) is 8.26. The van der Waals surface area contributed by atoms with Crippen LogP contribution in [0, 0.1) is 0 Å². The van der Waals surface area contributed by atoms with Gasteiger partial charge in [0.05, 0.1) is 24.0 Å². The molecule has 4 nitrogen and oxygen atoms in total. The molecule has 76 valence electrons. The Morgan fingerprint density at radius 2 is 1.38 bits per heavy atom. The van der Waals surface area contributed by atoms with Crippen LogP contribution in [0.5, 0.6) is 0 Å². The molecule has 0 fully saturated rings. The summed E-state index contributed by atoms with van der Waals surface area (Å²) in [5, 5.41) is 0. The van der Waals surface area contributed by atoms with E-state index in [9.17, 15) is 8.42 Å². The van der Waals surface area contributed by atoms with E-state index >= 15 is 0 Å². The first-order chi connectivity index (χ1) is 6.12. The number of sulfone groups is 1. The summed E-state index contributed by atoms with van der Waals surface area (Å²) in [4.78, 5) is 0. The minimum atomic E-state index is -3.07. The summed E-state index contributed by atoms with van der Waals surface area (Å²) >= 11 is 0. The lowest BCUT2D eigenvalue weighted by atomic mass is 10.8. The first kappa shape index (κ1) is 12.0. The lowest BCUT2D eigenvalue weighted by Crippen LogP contribution is -2.17. The summed E-state index contributed by atoms with van der Waals surface area (Å²) in [5.74, 6) is -0.0287. The highest BCUT2D eigenvalue weighted by Gasteiger charge is 2.09. The van der Waals surface area contributed by atoms with Crippen molar-refractivity contribution >= 4 is 9.84 Å². The zero-order valence-electron chi connectivity index (χ0n) is 7.44. The summed E-state index contributed by atoms with van der Waals surface area (Å²) in [6.07, 6.45) is 2.44. The Balaban J connectivity index is 3.67. The van der Waals surface area contributed by atoms with E-state index in [1.165, 1.54) is 12.5 Å². The van der Waals surface area contributed by atoms with Crippen LogP contribution in [-0.4, -0.2) is 33.1 Å². The van der Waals surface area contributed by atoms with Crippen LogP contribution in [0.4, 0.5) is 0 Å². The fourth-order valence-corrected chi connectivity index (χ4v) is 1.52. The van der Waals surface area contributed by atoms with E-state index < -0.39 is 9.84 Å². The maximum absolute atomic E-state index is 11.2. The molecule has 0 atom stereocenters. The number of hydrogen-bond acceptors (Lipinski definition) is 4. The van der Waals surface area contributed by atoms with Crippen molar-refractivity contribution in [2.45, 2.75) is 0 Å². The molecular formula is C8H14O4S. The number of ether oxygens (including phenoxy) is 2. The maximum atomic E-state index is 11.2. The maximum Gasteiger partial charge on any atom is 0.156 e.